The molecule has 5 rings (SSSR count). The summed E-state index contributed by atoms with van der Waals surface area (Å²) in [7, 11) is 2.09. The van der Waals surface area contributed by atoms with Crippen LogP contribution in [-0.4, -0.2) is 45.1 Å². The molecule has 0 N–H and O–H groups in total. The Morgan fingerprint density at radius 1 is 1.06 bits per heavy atom. The number of aryl methyl sites for hydroxylation is 2. The number of aromatic nitrogens is 4. The summed E-state index contributed by atoms with van der Waals surface area (Å²) in [5, 5.41) is 0. The highest BCUT2D eigenvalue weighted by atomic mass is 16.2. The van der Waals surface area contributed by atoms with Crippen LogP contribution in [0.25, 0.3) is 11.0 Å². The van der Waals surface area contributed by atoms with E-state index in [9.17, 15) is 4.79 Å². The molecule has 3 aromatic rings. The largest absolute Gasteiger partial charge is 0.355 e. The molecule has 4 heterocycles. The van der Waals surface area contributed by atoms with Gasteiger partial charge in [-0.3, -0.25) is 9.69 Å². The molecule has 0 saturated carbocycles. The Hall–Kier alpha value is -2.96. The van der Waals surface area contributed by atoms with Gasteiger partial charge in [-0.15, -0.1) is 0 Å². The Kier molecular flexibility index (Phi) is 4.91. The molecule has 0 bridgehead atoms. The number of carbonyl (C=O) groups excluding carboxylic acids is 1. The number of fused-ring (bicyclic) bond motifs is 1. The number of para-hydroxylation sites is 2. The lowest BCUT2D eigenvalue weighted by atomic mass is 9.96. The van der Waals surface area contributed by atoms with Gasteiger partial charge in [0.05, 0.1) is 17.0 Å². The van der Waals surface area contributed by atoms with E-state index in [-0.39, 0.29) is 5.91 Å². The fraction of sp³-hybridized carbons (Fsp3) is 0.500. The Morgan fingerprint density at radius 3 is 2.55 bits per heavy atom. The first kappa shape index (κ1) is 20.0. The minimum atomic E-state index is 0.177. The molecule has 162 valence electrons. The number of imidazole rings is 1. The molecule has 2 aromatic heterocycles. The number of nitrogens with zero attached hydrogens (tertiary/aromatic N) is 6. The molecule has 1 amide bonds. The van der Waals surface area contributed by atoms with Gasteiger partial charge < -0.3 is 9.47 Å². The summed E-state index contributed by atoms with van der Waals surface area (Å²) in [6.45, 7) is 8.83. The third-order valence-corrected chi connectivity index (χ3v) is 6.49. The zero-order valence-electron chi connectivity index (χ0n) is 18.7. The van der Waals surface area contributed by atoms with E-state index in [1.165, 1.54) is 5.52 Å². The summed E-state index contributed by atoms with van der Waals surface area (Å²) in [5.74, 6) is 5.03. The molecular weight excluding hydrogens is 388 g/mol. The lowest BCUT2D eigenvalue weighted by Crippen LogP contribution is -2.46. The van der Waals surface area contributed by atoms with Crippen LogP contribution in [0.15, 0.2) is 30.3 Å². The Balaban J connectivity index is 1.32. The first-order chi connectivity index (χ1) is 14.9. The van der Waals surface area contributed by atoms with Crippen LogP contribution >= 0.6 is 0 Å². The standard InChI is InChI=1S/C24H30N6O/c1-15(2)9-17-10-23(31)30(12-17)22-11-21(25-16(3)26-22)29-13-18(14-29)24-27-19-7-5-6-8-20(19)28(24)4/h5-8,11,15,17-18H,9-10,12-14H2,1-4H3. The van der Waals surface area contributed by atoms with E-state index in [0.29, 0.717) is 30.0 Å². The average Bonchev–Trinajstić information content (AvgIpc) is 3.20. The van der Waals surface area contributed by atoms with Gasteiger partial charge in [0.15, 0.2) is 0 Å². The quantitative estimate of drug-likeness (QED) is 0.632. The van der Waals surface area contributed by atoms with Gasteiger partial charge in [-0.2, -0.15) is 0 Å². The fourth-order valence-electron chi connectivity index (χ4n) is 5.02. The van der Waals surface area contributed by atoms with Gasteiger partial charge in [0.25, 0.3) is 0 Å². The van der Waals surface area contributed by atoms with E-state index in [4.69, 9.17) is 4.98 Å². The number of anilines is 2. The number of benzene rings is 1. The lowest BCUT2D eigenvalue weighted by Gasteiger charge is -2.40. The fourth-order valence-corrected chi connectivity index (χ4v) is 5.02. The molecule has 2 aliphatic heterocycles. The summed E-state index contributed by atoms with van der Waals surface area (Å²) in [6.07, 6.45) is 1.69. The molecule has 7 nitrogen and oxygen atoms in total. The van der Waals surface area contributed by atoms with Crippen molar-refractivity contribution in [2.24, 2.45) is 18.9 Å². The molecule has 2 saturated heterocycles. The van der Waals surface area contributed by atoms with Crippen LogP contribution in [0.3, 0.4) is 0 Å². The third-order valence-electron chi connectivity index (χ3n) is 6.49. The van der Waals surface area contributed by atoms with Crippen LogP contribution in [0.2, 0.25) is 0 Å². The molecule has 2 aliphatic rings. The van der Waals surface area contributed by atoms with Crippen molar-refractivity contribution >= 4 is 28.6 Å². The monoisotopic (exact) mass is 418 g/mol. The van der Waals surface area contributed by atoms with E-state index in [1.807, 2.05) is 24.0 Å². The lowest BCUT2D eigenvalue weighted by molar-refractivity contribution is -0.117. The SMILES string of the molecule is Cc1nc(N2CC(c3nc4ccccc4n3C)C2)cc(N2CC(CC(C)C)CC2=O)n1. The van der Waals surface area contributed by atoms with Crippen molar-refractivity contribution in [2.45, 2.75) is 39.5 Å². The highest BCUT2D eigenvalue weighted by molar-refractivity contribution is 5.95. The van der Waals surface area contributed by atoms with Crippen LogP contribution in [0, 0.1) is 18.8 Å². The van der Waals surface area contributed by atoms with Crippen LogP contribution in [0.1, 0.15) is 44.3 Å². The summed E-state index contributed by atoms with van der Waals surface area (Å²) >= 11 is 0. The van der Waals surface area contributed by atoms with Crippen molar-refractivity contribution in [1.29, 1.82) is 0 Å². The summed E-state index contributed by atoms with van der Waals surface area (Å²) < 4.78 is 2.20. The van der Waals surface area contributed by atoms with Crippen molar-refractivity contribution < 1.29 is 4.79 Å². The molecule has 7 heteroatoms. The van der Waals surface area contributed by atoms with Crippen LogP contribution in [0.4, 0.5) is 11.6 Å². The predicted molar refractivity (Wildman–Crippen MR) is 122 cm³/mol. The molecule has 0 spiro atoms. The van der Waals surface area contributed by atoms with Crippen molar-refractivity contribution in [3.05, 3.63) is 42.0 Å². The van der Waals surface area contributed by atoms with E-state index in [0.717, 1.165) is 49.0 Å². The summed E-state index contributed by atoms with van der Waals surface area (Å²) in [4.78, 5) is 30.9. The molecule has 31 heavy (non-hydrogen) atoms. The maximum absolute atomic E-state index is 12.6. The topological polar surface area (TPSA) is 67.2 Å². The van der Waals surface area contributed by atoms with Gasteiger partial charge in [-0.05, 0) is 37.3 Å². The van der Waals surface area contributed by atoms with Gasteiger partial charge in [0.2, 0.25) is 5.91 Å². The van der Waals surface area contributed by atoms with Gasteiger partial charge in [0.1, 0.15) is 23.3 Å². The number of amides is 1. The van der Waals surface area contributed by atoms with Gasteiger partial charge >= 0.3 is 0 Å². The summed E-state index contributed by atoms with van der Waals surface area (Å²) in [5.41, 5.74) is 2.21. The van der Waals surface area contributed by atoms with Gasteiger partial charge in [-0.1, -0.05) is 26.0 Å². The first-order valence-electron chi connectivity index (χ1n) is 11.2. The van der Waals surface area contributed by atoms with Crippen molar-refractivity contribution in [3.63, 3.8) is 0 Å². The zero-order valence-corrected chi connectivity index (χ0v) is 18.7. The summed E-state index contributed by atoms with van der Waals surface area (Å²) in [6, 6.07) is 10.2. The molecule has 2 fully saturated rings. The molecular formula is C24H30N6O. The Morgan fingerprint density at radius 2 is 1.81 bits per heavy atom. The van der Waals surface area contributed by atoms with E-state index in [1.54, 1.807) is 0 Å². The highest BCUT2D eigenvalue weighted by Gasteiger charge is 2.35. The smallest absolute Gasteiger partial charge is 0.228 e. The maximum atomic E-state index is 12.6. The minimum Gasteiger partial charge on any atom is -0.355 e. The highest BCUT2D eigenvalue weighted by Crippen LogP contribution is 2.34. The third kappa shape index (κ3) is 3.66. The molecule has 1 atom stereocenters. The number of hydrogen-bond acceptors (Lipinski definition) is 5. The van der Waals surface area contributed by atoms with Crippen molar-refractivity contribution in [3.8, 4) is 0 Å². The normalized spacial score (nSPS) is 19.6. The van der Waals surface area contributed by atoms with E-state index in [2.05, 4.69) is 58.5 Å². The Bertz CT molecular complexity index is 1130. The van der Waals surface area contributed by atoms with E-state index < -0.39 is 0 Å². The van der Waals surface area contributed by atoms with Crippen LogP contribution < -0.4 is 9.80 Å². The Labute approximate surface area is 183 Å². The van der Waals surface area contributed by atoms with Gasteiger partial charge in [-0.25, -0.2) is 15.0 Å². The molecule has 0 aliphatic carbocycles. The van der Waals surface area contributed by atoms with Crippen molar-refractivity contribution in [1.82, 2.24) is 19.5 Å². The minimum absolute atomic E-state index is 0.177. The molecule has 1 aromatic carbocycles. The second kappa shape index (κ2) is 7.62. The predicted octanol–water partition coefficient (Wildman–Crippen LogP) is 3.67. The first-order valence-corrected chi connectivity index (χ1v) is 11.2. The van der Waals surface area contributed by atoms with Crippen molar-refractivity contribution in [2.75, 3.05) is 29.4 Å². The second-order valence-corrected chi connectivity index (χ2v) is 9.46. The van der Waals surface area contributed by atoms with E-state index >= 15 is 0 Å². The van der Waals surface area contributed by atoms with Gasteiger partial charge in [0, 0.05) is 39.2 Å². The number of carbonyl (C=O) groups is 1. The van der Waals surface area contributed by atoms with Crippen LogP contribution in [0.5, 0.6) is 0 Å². The van der Waals surface area contributed by atoms with Crippen LogP contribution in [-0.2, 0) is 11.8 Å². The second-order valence-electron chi connectivity index (χ2n) is 9.46. The number of hydrogen-bond donors (Lipinski definition) is 0. The molecule has 0 radical (unpaired) electrons. The average molecular weight is 419 g/mol. The maximum Gasteiger partial charge on any atom is 0.228 e. The zero-order chi connectivity index (χ0) is 21.7. The molecule has 1 unspecified atom stereocenters. The number of rotatable bonds is 5.